The minimum Gasteiger partial charge on any atom is -0.367 e. The normalized spacial score (nSPS) is 16.8. The zero-order valence-electron chi connectivity index (χ0n) is 16.3. The molecule has 0 saturated carbocycles. The van der Waals surface area contributed by atoms with Crippen LogP contribution in [0.25, 0.3) is 0 Å². The highest BCUT2D eigenvalue weighted by molar-refractivity contribution is 14.0. The van der Waals surface area contributed by atoms with Gasteiger partial charge >= 0.3 is 0 Å². The molecule has 1 aromatic heterocycles. The van der Waals surface area contributed by atoms with Gasteiger partial charge in [-0.05, 0) is 38.8 Å². The van der Waals surface area contributed by atoms with Crippen LogP contribution in [0.5, 0.6) is 0 Å². The fourth-order valence-electron chi connectivity index (χ4n) is 3.39. The second-order valence-corrected chi connectivity index (χ2v) is 6.72. The fourth-order valence-corrected chi connectivity index (χ4v) is 3.39. The summed E-state index contributed by atoms with van der Waals surface area (Å²) in [6.07, 6.45) is 1.64. The predicted octanol–water partition coefficient (Wildman–Crippen LogP) is 3.17. The van der Waals surface area contributed by atoms with Crippen molar-refractivity contribution in [1.82, 2.24) is 15.8 Å². The zero-order valence-corrected chi connectivity index (χ0v) is 18.6. The van der Waals surface area contributed by atoms with Crippen molar-refractivity contribution in [3.05, 3.63) is 46.9 Å². The van der Waals surface area contributed by atoms with Gasteiger partial charge < -0.3 is 20.1 Å². The lowest BCUT2D eigenvalue weighted by molar-refractivity contribution is 0.392. The van der Waals surface area contributed by atoms with Gasteiger partial charge in [0.2, 0.25) is 0 Å². The van der Waals surface area contributed by atoms with E-state index in [4.69, 9.17) is 4.52 Å². The number of aromatic nitrogens is 1. The van der Waals surface area contributed by atoms with Crippen molar-refractivity contribution in [3.8, 4) is 0 Å². The Kier molecular flexibility index (Phi) is 8.02. The number of nitrogens with one attached hydrogen (secondary N) is 2. The largest absolute Gasteiger partial charge is 0.367 e. The van der Waals surface area contributed by atoms with Crippen LogP contribution in [0.2, 0.25) is 0 Å². The molecule has 0 amide bonds. The van der Waals surface area contributed by atoms with Gasteiger partial charge in [0.05, 0.1) is 11.4 Å². The molecule has 1 fully saturated rings. The van der Waals surface area contributed by atoms with Crippen LogP contribution >= 0.6 is 24.0 Å². The quantitative estimate of drug-likeness (QED) is 0.372. The molecule has 1 saturated heterocycles. The van der Waals surface area contributed by atoms with Gasteiger partial charge in [-0.15, -0.1) is 24.0 Å². The Labute approximate surface area is 180 Å². The second-order valence-electron chi connectivity index (χ2n) is 6.72. The van der Waals surface area contributed by atoms with E-state index in [0.717, 1.165) is 35.9 Å². The third-order valence-corrected chi connectivity index (χ3v) is 4.85. The summed E-state index contributed by atoms with van der Waals surface area (Å²) in [7, 11) is 1.72. The van der Waals surface area contributed by atoms with E-state index in [-0.39, 0.29) is 30.0 Å². The van der Waals surface area contributed by atoms with Crippen LogP contribution in [0.15, 0.2) is 27.7 Å². The molecular weight excluding hydrogens is 479 g/mol. The average molecular weight is 505 g/mol. The van der Waals surface area contributed by atoms with Crippen molar-refractivity contribution in [2.45, 2.75) is 32.7 Å². The first kappa shape index (κ1) is 22.4. The van der Waals surface area contributed by atoms with Crippen LogP contribution in [-0.2, 0) is 6.42 Å². The Hall–Kier alpha value is -1.91. The van der Waals surface area contributed by atoms with Gasteiger partial charge in [0, 0.05) is 44.4 Å². The molecule has 2 N–H and O–H groups in total. The van der Waals surface area contributed by atoms with Gasteiger partial charge in [-0.2, -0.15) is 0 Å². The number of hydrogen-bond donors (Lipinski definition) is 2. The number of anilines is 1. The Morgan fingerprint density at radius 3 is 2.79 bits per heavy atom. The molecule has 3 rings (SSSR count). The molecular formula is C19H26F2IN5O. The first-order valence-electron chi connectivity index (χ1n) is 9.07. The van der Waals surface area contributed by atoms with Gasteiger partial charge in [-0.1, -0.05) is 5.16 Å². The molecule has 6 nitrogen and oxygen atoms in total. The summed E-state index contributed by atoms with van der Waals surface area (Å²) in [4.78, 5) is 6.18. The molecule has 2 heterocycles. The number of hydrogen-bond acceptors (Lipinski definition) is 4. The maximum Gasteiger partial charge on any atom is 0.191 e. The maximum atomic E-state index is 14.0. The Bertz CT molecular complexity index is 807. The van der Waals surface area contributed by atoms with Crippen molar-refractivity contribution >= 4 is 35.6 Å². The van der Waals surface area contributed by atoms with Gasteiger partial charge in [0.25, 0.3) is 0 Å². The summed E-state index contributed by atoms with van der Waals surface area (Å²) >= 11 is 0. The molecule has 0 spiro atoms. The molecule has 0 bridgehead atoms. The molecule has 1 aliphatic heterocycles. The summed E-state index contributed by atoms with van der Waals surface area (Å²) in [6.45, 7) is 5.87. The van der Waals surface area contributed by atoms with E-state index in [1.165, 1.54) is 12.1 Å². The van der Waals surface area contributed by atoms with E-state index in [1.54, 1.807) is 7.05 Å². The van der Waals surface area contributed by atoms with E-state index in [2.05, 4.69) is 20.8 Å². The smallest absolute Gasteiger partial charge is 0.191 e. The first-order chi connectivity index (χ1) is 13.0. The lowest BCUT2D eigenvalue weighted by Crippen LogP contribution is -2.45. The van der Waals surface area contributed by atoms with Crippen molar-refractivity contribution in [1.29, 1.82) is 0 Å². The number of benzene rings is 1. The van der Waals surface area contributed by atoms with Crippen molar-refractivity contribution in [3.63, 3.8) is 0 Å². The molecule has 2 aromatic rings. The molecule has 28 heavy (non-hydrogen) atoms. The number of aliphatic imine (C=N–C) groups is 1. The Morgan fingerprint density at radius 2 is 2.14 bits per heavy atom. The number of nitrogens with zero attached hydrogens (tertiary/aromatic N) is 3. The molecule has 0 aliphatic carbocycles. The van der Waals surface area contributed by atoms with Crippen molar-refractivity contribution < 1.29 is 13.3 Å². The highest BCUT2D eigenvalue weighted by atomic mass is 127. The molecule has 9 heteroatoms. The lowest BCUT2D eigenvalue weighted by atomic mass is 10.1. The predicted molar refractivity (Wildman–Crippen MR) is 117 cm³/mol. The maximum absolute atomic E-state index is 14.0. The second kappa shape index (κ2) is 10.0. The summed E-state index contributed by atoms with van der Waals surface area (Å²) < 4.78 is 32.2. The number of rotatable bonds is 5. The van der Waals surface area contributed by atoms with E-state index in [0.29, 0.717) is 31.3 Å². The number of aryl methyl sites for hydroxylation is 2. The minimum absolute atomic E-state index is 0. The monoisotopic (exact) mass is 505 g/mol. The summed E-state index contributed by atoms with van der Waals surface area (Å²) in [5.41, 5.74) is 2.45. The molecule has 1 atom stereocenters. The molecule has 1 aromatic carbocycles. The highest BCUT2D eigenvalue weighted by Crippen LogP contribution is 2.24. The topological polar surface area (TPSA) is 65.7 Å². The first-order valence-corrected chi connectivity index (χ1v) is 9.07. The van der Waals surface area contributed by atoms with Crippen LogP contribution in [-0.4, -0.2) is 43.8 Å². The van der Waals surface area contributed by atoms with Gasteiger partial charge in [0.1, 0.15) is 17.4 Å². The number of halogens is 3. The van der Waals surface area contributed by atoms with Crippen molar-refractivity contribution in [2.75, 3.05) is 31.6 Å². The van der Waals surface area contributed by atoms with Crippen LogP contribution in [0.3, 0.4) is 0 Å². The van der Waals surface area contributed by atoms with E-state index in [9.17, 15) is 8.78 Å². The summed E-state index contributed by atoms with van der Waals surface area (Å²) in [5, 5.41) is 10.6. The van der Waals surface area contributed by atoms with Gasteiger partial charge in [-0.25, -0.2) is 8.78 Å². The standard InChI is InChI=1S/C19H25F2N5O.HI/c1-12-16(13(2)27-25-12)6-8-23-19(22-3)24-15-7-9-26(11-15)18-5-4-14(20)10-17(18)21;/h4-5,10,15H,6-9,11H2,1-3H3,(H2,22,23,24);1H. The Balaban J connectivity index is 0.00000280. The molecule has 1 unspecified atom stereocenters. The van der Waals surface area contributed by atoms with Crippen LogP contribution in [0, 0.1) is 25.5 Å². The van der Waals surface area contributed by atoms with E-state index in [1.807, 2.05) is 18.7 Å². The zero-order chi connectivity index (χ0) is 19.4. The summed E-state index contributed by atoms with van der Waals surface area (Å²) in [6, 6.07) is 3.84. The van der Waals surface area contributed by atoms with Crippen molar-refractivity contribution in [2.24, 2.45) is 4.99 Å². The van der Waals surface area contributed by atoms with Crippen LogP contribution < -0.4 is 15.5 Å². The lowest BCUT2D eigenvalue weighted by Gasteiger charge is -2.21. The third-order valence-electron chi connectivity index (χ3n) is 4.85. The Morgan fingerprint density at radius 1 is 1.36 bits per heavy atom. The fraction of sp³-hybridized carbons (Fsp3) is 0.474. The summed E-state index contributed by atoms with van der Waals surface area (Å²) in [5.74, 6) is 0.448. The SMILES string of the molecule is CN=C(NCCc1c(C)noc1C)NC1CCN(c2ccc(F)cc2F)C1.I. The minimum atomic E-state index is -0.562. The number of guanidine groups is 1. The molecule has 0 radical (unpaired) electrons. The van der Waals surface area contributed by atoms with E-state index < -0.39 is 11.6 Å². The third kappa shape index (κ3) is 5.33. The average Bonchev–Trinajstić information content (AvgIpc) is 3.22. The molecule has 1 aliphatic rings. The highest BCUT2D eigenvalue weighted by Gasteiger charge is 2.25. The van der Waals surface area contributed by atoms with Gasteiger partial charge in [-0.3, -0.25) is 4.99 Å². The van der Waals surface area contributed by atoms with Crippen LogP contribution in [0.1, 0.15) is 23.4 Å². The van der Waals surface area contributed by atoms with E-state index >= 15 is 0 Å². The van der Waals surface area contributed by atoms with Crippen LogP contribution in [0.4, 0.5) is 14.5 Å². The molecule has 154 valence electrons. The van der Waals surface area contributed by atoms with Gasteiger partial charge in [0.15, 0.2) is 5.96 Å².